The molecule has 3 fully saturated rings. The number of aryl methyl sites for hydroxylation is 1. The van der Waals surface area contributed by atoms with Crippen LogP contribution in [0.25, 0.3) is 0 Å². The summed E-state index contributed by atoms with van der Waals surface area (Å²) < 4.78 is 7.67. The highest BCUT2D eigenvalue weighted by molar-refractivity contribution is 5.59. The number of nitrogens with zero attached hydrogens (tertiary/aromatic N) is 1. The molecule has 3 nitrogen and oxygen atoms in total. The lowest BCUT2D eigenvalue weighted by molar-refractivity contribution is -0.952. The summed E-state index contributed by atoms with van der Waals surface area (Å²) in [7, 11) is 2.45. The van der Waals surface area contributed by atoms with Gasteiger partial charge in [0.15, 0.2) is 0 Å². The molecule has 1 N–H and O–H groups in total. The van der Waals surface area contributed by atoms with E-state index in [0.29, 0.717) is 6.04 Å². The van der Waals surface area contributed by atoms with E-state index < -0.39 is 5.60 Å². The van der Waals surface area contributed by atoms with Gasteiger partial charge in [-0.2, -0.15) is 0 Å². The second kappa shape index (κ2) is 4.86. The van der Waals surface area contributed by atoms with Crippen LogP contribution in [-0.2, 0) is 11.8 Å². The number of hydrogen-bond acceptors (Lipinski definition) is 2. The maximum atomic E-state index is 12.3. The van der Waals surface area contributed by atoms with E-state index in [1.807, 2.05) is 0 Å². The van der Waals surface area contributed by atoms with Gasteiger partial charge in [0.25, 0.3) is 0 Å². The Bertz CT molecular complexity index is 787. The van der Waals surface area contributed by atoms with Crippen molar-refractivity contribution >= 4 is 0 Å². The molecule has 26 heavy (non-hydrogen) atoms. The molecule has 5 atom stereocenters. The fraction of sp³-hybridized carbons (Fsp3) is 0.739. The van der Waals surface area contributed by atoms with E-state index in [2.05, 4.69) is 26.1 Å². The second-order valence-corrected chi connectivity index (χ2v) is 10.3. The normalized spacial score (nSPS) is 45.7. The average molecular weight is 355 g/mol. The molecular weight excluding hydrogens is 322 g/mol. The standard InChI is InChI=1S/C23H32NO2/c1-15-8-9-17-13-18-23(25)10-4-7-19-22(23,20(17)21(15)26-19)11-12-24(18,2)14-16-5-3-6-16/h8-9,16,18-19,25H,3-7,10-14H2,1-2H3/q+1/t18?,19?,22-,23?,24-/m1/s1. The Kier molecular flexibility index (Phi) is 2.98. The van der Waals surface area contributed by atoms with Crippen molar-refractivity contribution in [2.24, 2.45) is 5.92 Å². The van der Waals surface area contributed by atoms with Crippen molar-refractivity contribution in [1.82, 2.24) is 0 Å². The van der Waals surface area contributed by atoms with Crippen molar-refractivity contribution in [2.75, 3.05) is 20.1 Å². The van der Waals surface area contributed by atoms with E-state index in [9.17, 15) is 5.11 Å². The van der Waals surface area contributed by atoms with Gasteiger partial charge in [-0.3, -0.25) is 0 Å². The number of rotatable bonds is 2. The topological polar surface area (TPSA) is 29.5 Å². The van der Waals surface area contributed by atoms with Gasteiger partial charge in [0.1, 0.15) is 23.5 Å². The number of aliphatic hydroxyl groups is 1. The number of likely N-dealkylation sites (tertiary alicyclic amines) is 1. The Hall–Kier alpha value is -1.06. The zero-order chi connectivity index (χ0) is 17.7. The quantitative estimate of drug-likeness (QED) is 0.824. The molecule has 2 bridgehead atoms. The van der Waals surface area contributed by atoms with Crippen LogP contribution in [0, 0.1) is 12.8 Å². The smallest absolute Gasteiger partial charge is 0.130 e. The van der Waals surface area contributed by atoms with E-state index >= 15 is 0 Å². The lowest BCUT2D eigenvalue weighted by Crippen LogP contribution is -2.80. The predicted octanol–water partition coefficient (Wildman–Crippen LogP) is 3.48. The minimum absolute atomic E-state index is 0.137. The zero-order valence-corrected chi connectivity index (χ0v) is 16.3. The molecule has 1 aromatic rings. The van der Waals surface area contributed by atoms with Crippen LogP contribution in [0.5, 0.6) is 5.75 Å². The fourth-order valence-corrected chi connectivity index (χ4v) is 7.67. The second-order valence-electron chi connectivity index (χ2n) is 10.3. The Morgan fingerprint density at radius 3 is 2.81 bits per heavy atom. The molecule has 5 aliphatic rings. The van der Waals surface area contributed by atoms with E-state index in [1.54, 1.807) is 0 Å². The van der Waals surface area contributed by atoms with Crippen molar-refractivity contribution in [2.45, 2.75) is 81.5 Å². The summed E-state index contributed by atoms with van der Waals surface area (Å²) in [5.74, 6) is 2.01. The molecule has 1 saturated heterocycles. The molecule has 1 aromatic carbocycles. The van der Waals surface area contributed by atoms with Crippen molar-refractivity contribution in [3.63, 3.8) is 0 Å². The lowest BCUT2D eigenvalue weighted by atomic mass is 9.48. The predicted molar refractivity (Wildman–Crippen MR) is 101 cm³/mol. The van der Waals surface area contributed by atoms with Gasteiger partial charge in [0.2, 0.25) is 0 Å². The Balaban J connectivity index is 1.54. The molecule has 3 heteroatoms. The number of quaternary nitrogens is 1. The molecular formula is C23H32NO2+. The first-order chi connectivity index (χ1) is 12.5. The van der Waals surface area contributed by atoms with Crippen LogP contribution in [-0.4, -0.2) is 47.5 Å². The molecule has 2 saturated carbocycles. The molecule has 140 valence electrons. The SMILES string of the molecule is Cc1ccc2c3c1OC1CCCC4(O)C(C2)[N@@+](C)(CC2CCC2)CC[C@]314. The summed E-state index contributed by atoms with van der Waals surface area (Å²) in [6.45, 7) is 4.65. The molecule has 3 aliphatic carbocycles. The minimum atomic E-state index is -0.585. The summed E-state index contributed by atoms with van der Waals surface area (Å²) in [6.07, 6.45) is 9.69. The number of piperidine rings is 1. The third-order valence-electron chi connectivity index (χ3n) is 9.13. The van der Waals surface area contributed by atoms with Gasteiger partial charge in [-0.1, -0.05) is 18.6 Å². The summed E-state index contributed by atoms with van der Waals surface area (Å²) >= 11 is 0. The number of ether oxygens (including phenoxy) is 1. The fourth-order valence-electron chi connectivity index (χ4n) is 7.67. The van der Waals surface area contributed by atoms with Gasteiger partial charge in [-0.05, 0) is 50.2 Å². The van der Waals surface area contributed by atoms with Crippen LogP contribution in [0.2, 0.25) is 0 Å². The van der Waals surface area contributed by atoms with Crippen LogP contribution in [0.3, 0.4) is 0 Å². The Morgan fingerprint density at radius 1 is 1.19 bits per heavy atom. The first-order valence-corrected chi connectivity index (χ1v) is 10.8. The average Bonchev–Trinajstić information content (AvgIpc) is 2.92. The third kappa shape index (κ3) is 1.64. The van der Waals surface area contributed by atoms with Crippen LogP contribution in [0.15, 0.2) is 12.1 Å². The number of hydrogen-bond donors (Lipinski definition) is 1. The van der Waals surface area contributed by atoms with Crippen molar-refractivity contribution < 1.29 is 14.3 Å². The zero-order valence-electron chi connectivity index (χ0n) is 16.3. The summed E-state index contributed by atoms with van der Waals surface area (Å²) in [6, 6.07) is 4.93. The molecule has 2 heterocycles. The van der Waals surface area contributed by atoms with Gasteiger partial charge in [0.05, 0.1) is 25.6 Å². The van der Waals surface area contributed by atoms with Gasteiger partial charge < -0.3 is 14.3 Å². The lowest BCUT2D eigenvalue weighted by Gasteiger charge is -2.65. The van der Waals surface area contributed by atoms with Gasteiger partial charge >= 0.3 is 0 Å². The Morgan fingerprint density at radius 2 is 2.04 bits per heavy atom. The summed E-state index contributed by atoms with van der Waals surface area (Å²) in [4.78, 5) is 0. The van der Waals surface area contributed by atoms with Gasteiger partial charge in [0, 0.05) is 24.3 Å². The third-order valence-corrected chi connectivity index (χ3v) is 9.13. The minimum Gasteiger partial charge on any atom is -0.489 e. The van der Waals surface area contributed by atoms with E-state index in [1.165, 1.54) is 49.0 Å². The maximum Gasteiger partial charge on any atom is 0.130 e. The molecule has 6 rings (SSSR count). The molecule has 0 radical (unpaired) electrons. The van der Waals surface area contributed by atoms with Crippen LogP contribution < -0.4 is 4.74 Å². The van der Waals surface area contributed by atoms with Crippen molar-refractivity contribution in [3.8, 4) is 5.75 Å². The van der Waals surface area contributed by atoms with Crippen molar-refractivity contribution in [1.29, 1.82) is 0 Å². The monoisotopic (exact) mass is 354 g/mol. The highest BCUT2D eigenvalue weighted by Gasteiger charge is 2.74. The highest BCUT2D eigenvalue weighted by Crippen LogP contribution is 2.65. The largest absolute Gasteiger partial charge is 0.489 e. The van der Waals surface area contributed by atoms with Crippen LogP contribution in [0.1, 0.15) is 61.6 Å². The van der Waals surface area contributed by atoms with Crippen LogP contribution >= 0.6 is 0 Å². The van der Waals surface area contributed by atoms with E-state index in [4.69, 9.17) is 4.74 Å². The highest BCUT2D eigenvalue weighted by atomic mass is 16.5. The number of likely N-dealkylation sites (N-methyl/N-ethyl adjacent to an activating group) is 1. The van der Waals surface area contributed by atoms with Gasteiger partial charge in [-0.25, -0.2) is 0 Å². The molecule has 1 spiro atoms. The van der Waals surface area contributed by atoms with E-state index in [-0.39, 0.29) is 11.5 Å². The summed E-state index contributed by atoms with van der Waals surface area (Å²) in [5, 5.41) is 12.3. The van der Waals surface area contributed by atoms with E-state index in [0.717, 1.165) is 48.3 Å². The first-order valence-electron chi connectivity index (χ1n) is 10.8. The Labute approximate surface area is 156 Å². The number of benzene rings is 1. The first kappa shape index (κ1) is 15.9. The molecule has 3 unspecified atom stereocenters. The molecule has 0 amide bonds. The summed E-state index contributed by atoms with van der Waals surface area (Å²) in [5.41, 5.74) is 3.42. The molecule has 2 aliphatic heterocycles. The van der Waals surface area contributed by atoms with Crippen LogP contribution in [0.4, 0.5) is 0 Å². The molecule has 0 aromatic heterocycles. The van der Waals surface area contributed by atoms with Gasteiger partial charge in [-0.15, -0.1) is 0 Å². The van der Waals surface area contributed by atoms with Crippen molar-refractivity contribution in [3.05, 3.63) is 28.8 Å². The maximum absolute atomic E-state index is 12.3.